The summed E-state index contributed by atoms with van der Waals surface area (Å²) >= 11 is 0. The van der Waals surface area contributed by atoms with Crippen molar-refractivity contribution in [3.8, 4) is 5.69 Å². The maximum atomic E-state index is 12.0. The number of aryl methyl sites for hydroxylation is 1. The molecule has 7 nitrogen and oxygen atoms in total. The Morgan fingerprint density at radius 3 is 2.40 bits per heavy atom. The molecule has 8 heteroatoms. The molecule has 0 aliphatic heterocycles. The van der Waals surface area contributed by atoms with Crippen LogP contribution in [-0.4, -0.2) is 34.7 Å². The third-order valence-corrected chi connectivity index (χ3v) is 3.50. The number of nitrogens with one attached hydrogen (secondary N) is 2. The van der Waals surface area contributed by atoms with E-state index in [0.717, 1.165) is 16.9 Å². The van der Waals surface area contributed by atoms with Crippen LogP contribution in [0.25, 0.3) is 5.69 Å². The molecule has 0 spiro atoms. The van der Waals surface area contributed by atoms with Gasteiger partial charge in [-0.15, -0.1) is 12.4 Å². The molecular weight excluding hydrogens is 342 g/mol. The number of aromatic nitrogens is 2. The number of halogens is 1. The minimum absolute atomic E-state index is 0. The molecule has 4 N–H and O–H groups in total. The molecule has 2 amide bonds. The van der Waals surface area contributed by atoms with Crippen LogP contribution in [0.15, 0.2) is 30.3 Å². The molecule has 0 saturated carbocycles. The molecule has 0 bridgehead atoms. The predicted molar refractivity (Wildman–Crippen MR) is 100 cm³/mol. The van der Waals surface area contributed by atoms with Crippen molar-refractivity contribution < 1.29 is 9.59 Å². The summed E-state index contributed by atoms with van der Waals surface area (Å²) in [4.78, 5) is 23.2. The highest BCUT2D eigenvalue weighted by atomic mass is 35.5. The fourth-order valence-electron chi connectivity index (χ4n) is 2.09. The normalized spacial score (nSPS) is 10.3. The van der Waals surface area contributed by atoms with E-state index in [1.54, 1.807) is 4.68 Å². The van der Waals surface area contributed by atoms with Crippen molar-refractivity contribution in [3.63, 3.8) is 0 Å². The lowest BCUT2D eigenvalue weighted by Crippen LogP contribution is -2.36. The highest BCUT2D eigenvalue weighted by molar-refractivity contribution is 5.94. The number of anilines is 1. The van der Waals surface area contributed by atoms with Crippen LogP contribution in [0.4, 0.5) is 5.82 Å². The number of carbonyl (C=O) groups excluding carboxylic acids is 2. The minimum atomic E-state index is -0.375. The monoisotopic (exact) mass is 365 g/mol. The Morgan fingerprint density at radius 1 is 1.20 bits per heavy atom. The number of carbonyl (C=O) groups is 2. The first-order chi connectivity index (χ1) is 11.4. The molecule has 136 valence electrons. The zero-order chi connectivity index (χ0) is 17.7. The third kappa shape index (κ3) is 5.58. The fourth-order valence-corrected chi connectivity index (χ4v) is 2.09. The largest absolute Gasteiger partial charge is 0.346 e. The lowest BCUT2D eigenvalue weighted by molar-refractivity contribution is -0.123. The van der Waals surface area contributed by atoms with E-state index in [0.29, 0.717) is 5.82 Å². The SMILES string of the molecule is Cc1ccc(-n2nc(C(C)C)cc2NC(=O)CNC(=O)CN)cc1.Cl. The van der Waals surface area contributed by atoms with Crippen LogP contribution in [-0.2, 0) is 9.59 Å². The van der Waals surface area contributed by atoms with Gasteiger partial charge in [-0.1, -0.05) is 31.5 Å². The number of nitrogens with two attached hydrogens (primary N) is 1. The van der Waals surface area contributed by atoms with Gasteiger partial charge in [-0.25, -0.2) is 4.68 Å². The third-order valence-electron chi connectivity index (χ3n) is 3.50. The van der Waals surface area contributed by atoms with Crippen LogP contribution in [0.3, 0.4) is 0 Å². The summed E-state index contributed by atoms with van der Waals surface area (Å²) in [6, 6.07) is 9.70. The van der Waals surface area contributed by atoms with Gasteiger partial charge in [0.15, 0.2) is 0 Å². The maximum absolute atomic E-state index is 12.0. The van der Waals surface area contributed by atoms with Crippen molar-refractivity contribution in [3.05, 3.63) is 41.6 Å². The minimum Gasteiger partial charge on any atom is -0.346 e. The molecule has 2 aromatic rings. The standard InChI is InChI=1S/C17H23N5O2.ClH/c1-11(2)14-8-15(20-17(24)10-19-16(23)9-18)22(21-14)13-6-4-12(3)5-7-13;/h4-8,11H,9-10,18H2,1-3H3,(H,19,23)(H,20,24);1H. The summed E-state index contributed by atoms with van der Waals surface area (Å²) in [5, 5.41) is 9.80. The van der Waals surface area contributed by atoms with E-state index in [1.807, 2.05) is 51.1 Å². The Bertz CT molecular complexity index is 725. The first-order valence-corrected chi connectivity index (χ1v) is 7.84. The van der Waals surface area contributed by atoms with Crippen molar-refractivity contribution in [2.75, 3.05) is 18.4 Å². The van der Waals surface area contributed by atoms with Gasteiger partial charge in [0, 0.05) is 6.07 Å². The van der Waals surface area contributed by atoms with E-state index in [1.165, 1.54) is 0 Å². The molecule has 0 unspecified atom stereocenters. The Labute approximate surface area is 153 Å². The molecular formula is C17H24ClN5O2. The van der Waals surface area contributed by atoms with E-state index in [2.05, 4.69) is 15.7 Å². The quantitative estimate of drug-likeness (QED) is 0.725. The van der Waals surface area contributed by atoms with Gasteiger partial charge < -0.3 is 16.4 Å². The molecule has 1 aromatic heterocycles. The average Bonchev–Trinajstić information content (AvgIpc) is 2.97. The number of hydrogen-bond donors (Lipinski definition) is 3. The number of amides is 2. The molecule has 1 aromatic carbocycles. The Morgan fingerprint density at radius 2 is 1.84 bits per heavy atom. The van der Waals surface area contributed by atoms with Crippen LogP contribution < -0.4 is 16.4 Å². The second-order valence-corrected chi connectivity index (χ2v) is 5.89. The van der Waals surface area contributed by atoms with Crippen LogP contribution >= 0.6 is 12.4 Å². The molecule has 25 heavy (non-hydrogen) atoms. The number of rotatable bonds is 6. The molecule has 0 radical (unpaired) electrons. The van der Waals surface area contributed by atoms with Crippen molar-refractivity contribution in [1.82, 2.24) is 15.1 Å². The van der Waals surface area contributed by atoms with Crippen LogP contribution in [0, 0.1) is 6.92 Å². The first kappa shape index (κ1) is 20.7. The molecule has 0 atom stereocenters. The van der Waals surface area contributed by atoms with Gasteiger partial charge in [0.1, 0.15) is 5.82 Å². The summed E-state index contributed by atoms with van der Waals surface area (Å²) in [6.07, 6.45) is 0. The van der Waals surface area contributed by atoms with Crippen LogP contribution in [0.5, 0.6) is 0 Å². The van der Waals surface area contributed by atoms with Crippen molar-refractivity contribution >= 4 is 30.0 Å². The topological polar surface area (TPSA) is 102 Å². The number of benzene rings is 1. The van der Waals surface area contributed by atoms with E-state index in [-0.39, 0.29) is 43.2 Å². The Balaban J connectivity index is 0.00000312. The highest BCUT2D eigenvalue weighted by Crippen LogP contribution is 2.22. The lowest BCUT2D eigenvalue weighted by atomic mass is 10.1. The molecule has 0 aliphatic rings. The van der Waals surface area contributed by atoms with Gasteiger partial charge in [0.25, 0.3) is 0 Å². The predicted octanol–water partition coefficient (Wildman–Crippen LogP) is 1.74. The van der Waals surface area contributed by atoms with Crippen molar-refractivity contribution in [2.45, 2.75) is 26.7 Å². The van der Waals surface area contributed by atoms with Crippen LogP contribution in [0.2, 0.25) is 0 Å². The Kier molecular flexibility index (Phi) is 7.60. The van der Waals surface area contributed by atoms with Gasteiger partial charge in [0.2, 0.25) is 11.8 Å². The molecule has 0 saturated heterocycles. The number of hydrogen-bond acceptors (Lipinski definition) is 4. The van der Waals surface area contributed by atoms with Gasteiger partial charge >= 0.3 is 0 Å². The second-order valence-electron chi connectivity index (χ2n) is 5.89. The lowest BCUT2D eigenvalue weighted by Gasteiger charge is -2.09. The van der Waals surface area contributed by atoms with Gasteiger partial charge in [-0.3, -0.25) is 9.59 Å². The molecule has 2 rings (SSSR count). The van der Waals surface area contributed by atoms with E-state index in [4.69, 9.17) is 5.73 Å². The summed E-state index contributed by atoms with van der Waals surface area (Å²) in [7, 11) is 0. The van der Waals surface area contributed by atoms with Gasteiger partial charge in [0.05, 0.1) is 24.5 Å². The molecule has 0 fully saturated rings. The number of nitrogens with zero attached hydrogens (tertiary/aromatic N) is 2. The average molecular weight is 366 g/mol. The van der Waals surface area contributed by atoms with E-state index in [9.17, 15) is 9.59 Å². The van der Waals surface area contributed by atoms with Gasteiger partial charge in [-0.2, -0.15) is 5.10 Å². The molecule has 0 aliphatic carbocycles. The van der Waals surface area contributed by atoms with Crippen molar-refractivity contribution in [2.24, 2.45) is 5.73 Å². The fraction of sp³-hybridized carbons (Fsp3) is 0.353. The zero-order valence-electron chi connectivity index (χ0n) is 14.6. The second kappa shape index (κ2) is 9.19. The maximum Gasteiger partial charge on any atom is 0.244 e. The molecule has 1 heterocycles. The zero-order valence-corrected chi connectivity index (χ0v) is 15.4. The van der Waals surface area contributed by atoms with Crippen LogP contribution in [0.1, 0.15) is 31.0 Å². The summed E-state index contributed by atoms with van der Waals surface area (Å²) in [5.41, 5.74) is 8.07. The highest BCUT2D eigenvalue weighted by Gasteiger charge is 2.14. The van der Waals surface area contributed by atoms with Gasteiger partial charge in [-0.05, 0) is 25.0 Å². The van der Waals surface area contributed by atoms with E-state index >= 15 is 0 Å². The first-order valence-electron chi connectivity index (χ1n) is 7.84. The summed E-state index contributed by atoms with van der Waals surface area (Å²) in [6.45, 7) is 5.80. The van der Waals surface area contributed by atoms with E-state index < -0.39 is 0 Å². The van der Waals surface area contributed by atoms with Crippen molar-refractivity contribution in [1.29, 1.82) is 0 Å². The Hall–Kier alpha value is -2.38. The smallest absolute Gasteiger partial charge is 0.244 e. The summed E-state index contributed by atoms with van der Waals surface area (Å²) < 4.78 is 1.69. The summed E-state index contributed by atoms with van der Waals surface area (Å²) in [5.74, 6) is 0.0827.